The second-order valence-corrected chi connectivity index (χ2v) is 6.29. The summed E-state index contributed by atoms with van der Waals surface area (Å²) in [4.78, 5) is 18.5. The first-order valence-electron chi connectivity index (χ1n) is 8.84. The molecule has 1 aromatic rings. The van der Waals surface area contributed by atoms with Crippen molar-refractivity contribution in [1.29, 1.82) is 0 Å². The molecule has 0 radical (unpaired) electrons. The summed E-state index contributed by atoms with van der Waals surface area (Å²) in [6, 6.07) is 3.65. The Hall–Kier alpha value is -1.84. The van der Waals surface area contributed by atoms with E-state index in [1.807, 2.05) is 13.1 Å². The van der Waals surface area contributed by atoms with Crippen LogP contribution in [0, 0.1) is 0 Å². The third kappa shape index (κ3) is 5.70. The fourth-order valence-electron chi connectivity index (χ4n) is 2.86. The minimum absolute atomic E-state index is 0.0684. The molecule has 23 heavy (non-hydrogen) atoms. The number of unbranched alkanes of at least 4 members (excludes halogenated alkanes) is 1. The van der Waals surface area contributed by atoms with Crippen LogP contribution in [0.4, 0.5) is 5.82 Å². The highest BCUT2D eigenvalue weighted by Gasteiger charge is 2.12. The molecule has 1 aliphatic rings. The number of carbonyl (C=O) groups excluding carboxylic acids is 1. The zero-order chi connectivity index (χ0) is 16.5. The van der Waals surface area contributed by atoms with Gasteiger partial charge in [0.15, 0.2) is 0 Å². The Morgan fingerprint density at radius 3 is 3.00 bits per heavy atom. The predicted molar refractivity (Wildman–Crippen MR) is 95.8 cm³/mol. The molecule has 4 nitrogen and oxygen atoms in total. The van der Waals surface area contributed by atoms with Gasteiger partial charge < -0.3 is 10.2 Å². The molecule has 0 saturated heterocycles. The molecule has 0 bridgehead atoms. The number of carbonyl (C=O) groups is 1. The number of anilines is 1. The SMILES string of the molecule is CCCCN(C)C(=O)c1ccnc(NCCC2=CCCCC2)c1. The van der Waals surface area contributed by atoms with Gasteiger partial charge in [0.1, 0.15) is 5.82 Å². The van der Waals surface area contributed by atoms with Gasteiger partial charge in [0.2, 0.25) is 0 Å². The monoisotopic (exact) mass is 315 g/mol. The van der Waals surface area contributed by atoms with Crippen molar-refractivity contribution in [3.63, 3.8) is 0 Å². The van der Waals surface area contributed by atoms with E-state index >= 15 is 0 Å². The van der Waals surface area contributed by atoms with Gasteiger partial charge in [-0.1, -0.05) is 25.0 Å². The lowest BCUT2D eigenvalue weighted by molar-refractivity contribution is 0.0793. The number of nitrogens with zero attached hydrogens (tertiary/aromatic N) is 2. The summed E-state index contributed by atoms with van der Waals surface area (Å²) in [5.74, 6) is 0.857. The van der Waals surface area contributed by atoms with Crippen LogP contribution >= 0.6 is 0 Å². The summed E-state index contributed by atoms with van der Waals surface area (Å²) in [6.07, 6.45) is 12.4. The summed E-state index contributed by atoms with van der Waals surface area (Å²) < 4.78 is 0. The molecule has 1 amide bonds. The van der Waals surface area contributed by atoms with Gasteiger partial charge in [-0.2, -0.15) is 0 Å². The maximum absolute atomic E-state index is 12.4. The van der Waals surface area contributed by atoms with Crippen molar-refractivity contribution in [3.8, 4) is 0 Å². The van der Waals surface area contributed by atoms with Crippen LogP contribution in [0.3, 0.4) is 0 Å². The van der Waals surface area contributed by atoms with Crippen LogP contribution in [-0.4, -0.2) is 35.9 Å². The molecule has 4 heteroatoms. The summed E-state index contributed by atoms with van der Waals surface area (Å²) >= 11 is 0. The van der Waals surface area contributed by atoms with Crippen molar-refractivity contribution in [2.24, 2.45) is 0 Å². The largest absolute Gasteiger partial charge is 0.370 e. The van der Waals surface area contributed by atoms with E-state index in [4.69, 9.17) is 0 Å². The van der Waals surface area contributed by atoms with Crippen molar-refractivity contribution in [2.45, 2.75) is 51.9 Å². The second-order valence-electron chi connectivity index (χ2n) is 6.29. The van der Waals surface area contributed by atoms with Gasteiger partial charge in [-0.15, -0.1) is 0 Å². The minimum Gasteiger partial charge on any atom is -0.370 e. The summed E-state index contributed by atoms with van der Waals surface area (Å²) in [6.45, 7) is 3.81. The van der Waals surface area contributed by atoms with Crippen LogP contribution in [0.5, 0.6) is 0 Å². The molecular formula is C19H29N3O. The van der Waals surface area contributed by atoms with Crippen molar-refractivity contribution < 1.29 is 4.79 Å². The molecule has 126 valence electrons. The predicted octanol–water partition coefficient (Wildman–Crippen LogP) is 4.26. The normalized spacial score (nSPS) is 14.3. The van der Waals surface area contributed by atoms with Crippen LogP contribution in [-0.2, 0) is 0 Å². The molecule has 1 heterocycles. The average Bonchev–Trinajstić information content (AvgIpc) is 2.60. The topological polar surface area (TPSA) is 45.2 Å². The minimum atomic E-state index is 0.0684. The number of amides is 1. The fourth-order valence-corrected chi connectivity index (χ4v) is 2.86. The van der Waals surface area contributed by atoms with Crippen LogP contribution in [0.1, 0.15) is 62.2 Å². The van der Waals surface area contributed by atoms with Crippen molar-refractivity contribution in [3.05, 3.63) is 35.5 Å². The quantitative estimate of drug-likeness (QED) is 0.729. The zero-order valence-electron chi connectivity index (χ0n) is 14.5. The third-order valence-electron chi connectivity index (χ3n) is 4.34. The molecule has 0 unspecified atom stereocenters. The van der Waals surface area contributed by atoms with E-state index in [0.717, 1.165) is 38.2 Å². The highest BCUT2D eigenvalue weighted by molar-refractivity contribution is 5.94. The van der Waals surface area contributed by atoms with E-state index in [9.17, 15) is 4.79 Å². The zero-order valence-corrected chi connectivity index (χ0v) is 14.5. The number of allylic oxidation sites excluding steroid dienone is 1. The lowest BCUT2D eigenvalue weighted by Gasteiger charge is -2.17. The van der Waals surface area contributed by atoms with Crippen molar-refractivity contribution >= 4 is 11.7 Å². The number of pyridine rings is 1. The van der Waals surface area contributed by atoms with Crippen LogP contribution < -0.4 is 5.32 Å². The first-order chi connectivity index (χ1) is 11.2. The van der Waals surface area contributed by atoms with E-state index < -0.39 is 0 Å². The van der Waals surface area contributed by atoms with Gasteiger partial charge in [-0.25, -0.2) is 4.98 Å². The molecule has 0 atom stereocenters. The smallest absolute Gasteiger partial charge is 0.253 e. The molecule has 1 aromatic heterocycles. The van der Waals surface area contributed by atoms with E-state index in [1.165, 1.54) is 25.7 Å². The van der Waals surface area contributed by atoms with Crippen LogP contribution in [0.2, 0.25) is 0 Å². The Morgan fingerprint density at radius 2 is 2.26 bits per heavy atom. The molecule has 0 fully saturated rings. The number of hydrogen-bond donors (Lipinski definition) is 1. The average molecular weight is 315 g/mol. The molecule has 0 aliphatic heterocycles. The Bertz CT molecular complexity index is 539. The molecule has 0 spiro atoms. The molecular weight excluding hydrogens is 286 g/mol. The Labute approximate surface area is 140 Å². The standard InChI is InChI=1S/C19H29N3O/c1-3-4-14-22(2)19(23)17-11-13-21-18(15-17)20-12-10-16-8-6-5-7-9-16/h8,11,13,15H,3-7,9-10,12,14H2,1-2H3,(H,20,21). The number of nitrogens with one attached hydrogen (secondary N) is 1. The molecule has 0 aromatic carbocycles. The van der Waals surface area contributed by atoms with Gasteiger partial charge in [-0.3, -0.25) is 4.79 Å². The number of rotatable bonds is 8. The fraction of sp³-hybridized carbons (Fsp3) is 0.579. The highest BCUT2D eigenvalue weighted by Crippen LogP contribution is 2.20. The van der Waals surface area contributed by atoms with Gasteiger partial charge in [0.25, 0.3) is 5.91 Å². The van der Waals surface area contributed by atoms with E-state index in [2.05, 4.69) is 23.3 Å². The van der Waals surface area contributed by atoms with E-state index in [0.29, 0.717) is 5.56 Å². The Balaban J connectivity index is 1.86. The van der Waals surface area contributed by atoms with Crippen LogP contribution in [0.15, 0.2) is 30.0 Å². The van der Waals surface area contributed by atoms with Gasteiger partial charge in [0.05, 0.1) is 0 Å². The van der Waals surface area contributed by atoms with Gasteiger partial charge in [0, 0.05) is 31.9 Å². The lowest BCUT2D eigenvalue weighted by atomic mass is 9.97. The van der Waals surface area contributed by atoms with E-state index in [1.54, 1.807) is 22.7 Å². The molecule has 1 aliphatic carbocycles. The third-order valence-corrected chi connectivity index (χ3v) is 4.34. The van der Waals surface area contributed by atoms with Gasteiger partial charge in [-0.05, 0) is 50.7 Å². The maximum atomic E-state index is 12.4. The Morgan fingerprint density at radius 1 is 1.39 bits per heavy atom. The molecule has 0 saturated carbocycles. The number of aromatic nitrogens is 1. The lowest BCUT2D eigenvalue weighted by Crippen LogP contribution is -2.27. The van der Waals surface area contributed by atoms with Crippen molar-refractivity contribution in [2.75, 3.05) is 25.5 Å². The number of hydrogen-bond acceptors (Lipinski definition) is 3. The first kappa shape index (κ1) is 17.5. The highest BCUT2D eigenvalue weighted by atomic mass is 16.2. The molecule has 1 N–H and O–H groups in total. The molecule has 2 rings (SSSR count). The summed E-state index contributed by atoms with van der Waals surface area (Å²) in [5.41, 5.74) is 2.26. The van der Waals surface area contributed by atoms with Crippen molar-refractivity contribution in [1.82, 2.24) is 9.88 Å². The van der Waals surface area contributed by atoms with E-state index in [-0.39, 0.29) is 5.91 Å². The summed E-state index contributed by atoms with van der Waals surface area (Å²) in [5, 5.41) is 3.35. The second kappa shape index (κ2) is 9.33. The first-order valence-corrected chi connectivity index (χ1v) is 8.84. The van der Waals surface area contributed by atoms with Crippen LogP contribution in [0.25, 0.3) is 0 Å². The Kier molecular flexibility index (Phi) is 7.11. The summed E-state index contributed by atoms with van der Waals surface area (Å²) in [7, 11) is 1.86. The maximum Gasteiger partial charge on any atom is 0.253 e. The van der Waals surface area contributed by atoms with Gasteiger partial charge >= 0.3 is 0 Å².